The fourth-order valence-electron chi connectivity index (χ4n) is 1.46. The van der Waals surface area contributed by atoms with E-state index in [1.807, 2.05) is 0 Å². The lowest BCUT2D eigenvalue weighted by Gasteiger charge is -2.05. The van der Waals surface area contributed by atoms with Gasteiger partial charge in [0.25, 0.3) is 0 Å². The SMILES string of the molecule is CC1=CC(=O)C=C/C1=N\OC(=O)c1ccc(F)cc1. The molecule has 2 rings (SSSR count). The van der Waals surface area contributed by atoms with Crippen LogP contribution < -0.4 is 0 Å². The van der Waals surface area contributed by atoms with E-state index in [1.54, 1.807) is 6.92 Å². The Morgan fingerprint density at radius 2 is 1.89 bits per heavy atom. The van der Waals surface area contributed by atoms with Crippen LogP contribution in [-0.4, -0.2) is 17.5 Å². The number of ketones is 1. The summed E-state index contributed by atoms with van der Waals surface area (Å²) < 4.78 is 12.7. The lowest BCUT2D eigenvalue weighted by Crippen LogP contribution is -2.08. The van der Waals surface area contributed by atoms with Gasteiger partial charge in [0.1, 0.15) is 11.5 Å². The van der Waals surface area contributed by atoms with Gasteiger partial charge >= 0.3 is 5.97 Å². The summed E-state index contributed by atoms with van der Waals surface area (Å²) in [6.07, 6.45) is 4.19. The van der Waals surface area contributed by atoms with Gasteiger partial charge in [-0.2, -0.15) is 0 Å². The molecule has 0 N–H and O–H groups in total. The van der Waals surface area contributed by atoms with E-state index in [1.165, 1.54) is 30.4 Å². The highest BCUT2D eigenvalue weighted by atomic mass is 19.1. The molecule has 0 unspecified atom stereocenters. The van der Waals surface area contributed by atoms with Crippen LogP contribution >= 0.6 is 0 Å². The van der Waals surface area contributed by atoms with Gasteiger partial charge in [0.05, 0.1) is 5.56 Å². The molecule has 0 saturated carbocycles. The Morgan fingerprint density at radius 3 is 2.53 bits per heavy atom. The average Bonchev–Trinajstić information content (AvgIpc) is 2.38. The second-order valence-electron chi connectivity index (χ2n) is 3.93. The fourth-order valence-corrected chi connectivity index (χ4v) is 1.46. The van der Waals surface area contributed by atoms with Crippen LogP contribution in [0.1, 0.15) is 17.3 Å². The zero-order chi connectivity index (χ0) is 13.8. The molecule has 19 heavy (non-hydrogen) atoms. The zero-order valence-electron chi connectivity index (χ0n) is 10.1. The van der Waals surface area contributed by atoms with Gasteiger partial charge in [-0.05, 0) is 55.0 Å². The number of halogens is 1. The Bertz CT molecular complexity index is 612. The Hall–Kier alpha value is -2.56. The number of rotatable bonds is 2. The number of nitrogens with zero attached hydrogens (tertiary/aromatic N) is 1. The molecule has 4 nitrogen and oxygen atoms in total. The summed E-state index contributed by atoms with van der Waals surface area (Å²) in [5.74, 6) is -1.26. The molecule has 96 valence electrons. The van der Waals surface area contributed by atoms with Crippen LogP contribution in [0.5, 0.6) is 0 Å². The summed E-state index contributed by atoms with van der Waals surface area (Å²) in [7, 11) is 0. The minimum absolute atomic E-state index is 0.138. The highest BCUT2D eigenvalue weighted by Crippen LogP contribution is 2.08. The van der Waals surface area contributed by atoms with E-state index in [4.69, 9.17) is 4.84 Å². The normalized spacial score (nSPS) is 16.4. The molecule has 0 spiro atoms. The van der Waals surface area contributed by atoms with E-state index in [0.29, 0.717) is 11.3 Å². The van der Waals surface area contributed by atoms with Crippen LogP contribution in [0.4, 0.5) is 4.39 Å². The Morgan fingerprint density at radius 1 is 1.21 bits per heavy atom. The first kappa shape index (κ1) is 12.9. The van der Waals surface area contributed by atoms with Gasteiger partial charge in [0, 0.05) is 0 Å². The minimum atomic E-state index is -0.689. The summed E-state index contributed by atoms with van der Waals surface area (Å²) in [6.45, 7) is 1.69. The molecule has 0 atom stereocenters. The van der Waals surface area contributed by atoms with Crippen LogP contribution in [-0.2, 0) is 9.63 Å². The van der Waals surface area contributed by atoms with Crippen LogP contribution in [0.3, 0.4) is 0 Å². The molecule has 0 aliphatic heterocycles. The smallest absolute Gasteiger partial charge is 0.312 e. The number of benzene rings is 1. The monoisotopic (exact) mass is 259 g/mol. The van der Waals surface area contributed by atoms with Gasteiger partial charge in [-0.25, -0.2) is 9.18 Å². The van der Waals surface area contributed by atoms with E-state index in [0.717, 1.165) is 12.1 Å². The number of oxime groups is 1. The zero-order valence-corrected chi connectivity index (χ0v) is 10.1. The highest BCUT2D eigenvalue weighted by molar-refractivity contribution is 6.19. The number of hydrogen-bond donors (Lipinski definition) is 0. The molecule has 0 saturated heterocycles. The Kier molecular flexibility index (Phi) is 3.66. The second kappa shape index (κ2) is 5.39. The molecule has 0 radical (unpaired) electrons. The molecule has 5 heteroatoms. The van der Waals surface area contributed by atoms with Gasteiger partial charge in [-0.3, -0.25) is 4.79 Å². The molecule has 1 aliphatic carbocycles. The van der Waals surface area contributed by atoms with Crippen molar-refractivity contribution in [2.24, 2.45) is 5.16 Å². The summed E-state index contributed by atoms with van der Waals surface area (Å²) in [5.41, 5.74) is 1.21. The van der Waals surface area contributed by atoms with Crippen molar-refractivity contribution >= 4 is 17.5 Å². The summed E-state index contributed by atoms with van der Waals surface area (Å²) in [5, 5.41) is 3.66. The van der Waals surface area contributed by atoms with Crippen molar-refractivity contribution in [2.75, 3.05) is 0 Å². The number of carbonyl (C=O) groups is 2. The molecule has 0 bridgehead atoms. The predicted molar refractivity (Wildman–Crippen MR) is 67.2 cm³/mol. The first-order valence-corrected chi connectivity index (χ1v) is 5.52. The maximum absolute atomic E-state index is 12.7. The lowest BCUT2D eigenvalue weighted by atomic mass is 10.1. The van der Waals surface area contributed by atoms with E-state index < -0.39 is 11.8 Å². The molecular weight excluding hydrogens is 249 g/mol. The Balaban J connectivity index is 2.08. The lowest BCUT2D eigenvalue weighted by molar-refractivity contribution is -0.110. The van der Waals surface area contributed by atoms with Gasteiger partial charge in [0.15, 0.2) is 5.78 Å². The summed E-state index contributed by atoms with van der Waals surface area (Å²) in [4.78, 5) is 27.4. The first-order chi connectivity index (χ1) is 9.06. The maximum Gasteiger partial charge on any atom is 0.365 e. The van der Waals surface area contributed by atoms with Crippen molar-refractivity contribution in [3.8, 4) is 0 Å². The molecule has 1 aromatic rings. The van der Waals surface area contributed by atoms with E-state index in [2.05, 4.69) is 5.16 Å². The molecular formula is C14H10FNO3. The number of carbonyl (C=O) groups excluding carboxylic acids is 2. The topological polar surface area (TPSA) is 55.7 Å². The average molecular weight is 259 g/mol. The molecule has 1 aliphatic rings. The molecule has 0 fully saturated rings. The quantitative estimate of drug-likeness (QED) is 0.465. The van der Waals surface area contributed by atoms with Crippen molar-refractivity contribution < 1.29 is 18.8 Å². The number of hydrogen-bond acceptors (Lipinski definition) is 4. The van der Waals surface area contributed by atoms with E-state index in [-0.39, 0.29) is 11.3 Å². The predicted octanol–water partition coefficient (Wildman–Crippen LogP) is 2.42. The van der Waals surface area contributed by atoms with Gasteiger partial charge in [-0.15, -0.1) is 0 Å². The molecule has 0 aromatic heterocycles. The van der Waals surface area contributed by atoms with E-state index >= 15 is 0 Å². The van der Waals surface area contributed by atoms with Crippen molar-refractivity contribution in [1.82, 2.24) is 0 Å². The minimum Gasteiger partial charge on any atom is -0.312 e. The van der Waals surface area contributed by atoms with Crippen molar-refractivity contribution in [3.05, 3.63) is 59.4 Å². The summed E-state index contributed by atoms with van der Waals surface area (Å²) >= 11 is 0. The molecule has 0 amide bonds. The van der Waals surface area contributed by atoms with Crippen LogP contribution in [0.15, 0.2) is 53.2 Å². The van der Waals surface area contributed by atoms with Crippen LogP contribution in [0.25, 0.3) is 0 Å². The van der Waals surface area contributed by atoms with E-state index in [9.17, 15) is 14.0 Å². The summed E-state index contributed by atoms with van der Waals surface area (Å²) in [6, 6.07) is 4.93. The first-order valence-electron chi connectivity index (χ1n) is 5.52. The number of allylic oxidation sites excluding steroid dienone is 4. The second-order valence-corrected chi connectivity index (χ2v) is 3.93. The van der Waals surface area contributed by atoms with Crippen LogP contribution in [0, 0.1) is 5.82 Å². The van der Waals surface area contributed by atoms with Crippen molar-refractivity contribution in [3.63, 3.8) is 0 Å². The standard InChI is InChI=1S/C14H10FNO3/c1-9-8-12(17)6-7-13(9)16-19-14(18)10-2-4-11(15)5-3-10/h2-8H,1H3/b16-13+. The van der Waals surface area contributed by atoms with Crippen molar-refractivity contribution in [2.45, 2.75) is 6.92 Å². The molecule has 1 aromatic carbocycles. The van der Waals surface area contributed by atoms with Crippen LogP contribution in [0.2, 0.25) is 0 Å². The van der Waals surface area contributed by atoms with Gasteiger partial charge < -0.3 is 4.84 Å². The molecule has 0 heterocycles. The largest absolute Gasteiger partial charge is 0.365 e. The Labute approximate surface area is 108 Å². The van der Waals surface area contributed by atoms with Gasteiger partial charge in [0.2, 0.25) is 0 Å². The third kappa shape index (κ3) is 3.22. The van der Waals surface area contributed by atoms with Gasteiger partial charge in [-0.1, -0.05) is 5.16 Å². The third-order valence-corrected chi connectivity index (χ3v) is 2.48. The van der Waals surface area contributed by atoms with Crippen molar-refractivity contribution in [1.29, 1.82) is 0 Å². The fraction of sp³-hybridized carbons (Fsp3) is 0.0714. The highest BCUT2D eigenvalue weighted by Gasteiger charge is 2.10. The maximum atomic E-state index is 12.7. The third-order valence-electron chi connectivity index (χ3n) is 2.48.